The van der Waals surface area contributed by atoms with E-state index in [-0.39, 0.29) is 36.9 Å². The molecule has 1 unspecified atom stereocenters. The van der Waals surface area contributed by atoms with Gasteiger partial charge >= 0.3 is 12.1 Å². The van der Waals surface area contributed by atoms with Gasteiger partial charge in [-0.25, -0.2) is 13.4 Å². The third-order valence-electron chi connectivity index (χ3n) is 6.61. The Labute approximate surface area is 228 Å². The lowest BCUT2D eigenvalue weighted by Gasteiger charge is -2.36. The molecule has 0 amide bonds. The van der Waals surface area contributed by atoms with Gasteiger partial charge in [-0.1, -0.05) is 17.7 Å². The van der Waals surface area contributed by atoms with E-state index in [1.54, 1.807) is 6.07 Å². The maximum Gasteiger partial charge on any atom is 0.417 e. The first kappa shape index (κ1) is 29.6. The average Bonchev–Trinajstić information content (AvgIpc) is 2.91. The Hall–Kier alpha value is -3.36. The zero-order valence-corrected chi connectivity index (χ0v) is 22.1. The summed E-state index contributed by atoms with van der Waals surface area (Å²) < 4.78 is 80.5. The number of benzene rings is 1. The number of carboxylic acids is 1. The number of aliphatic hydroxyl groups excluding tert-OH is 2. The molecule has 2 heterocycles. The number of pyridine rings is 1. The number of ether oxygens (including phenoxy) is 2. The van der Waals surface area contributed by atoms with E-state index >= 15 is 0 Å². The van der Waals surface area contributed by atoms with Crippen LogP contribution < -0.4 is 13.8 Å². The standard InChI is InChI=1S/C26H29F3N2O8S/c27-26(28,29)18-13-23(25(30-14-18)38-10-9-32)40(36,37)31-15-20(6-8-24(34)35)39-22-7-3-17(12-21(22)31)11-16-1-4-19(33)5-2-16/h3,7,11-14,19-20,32-33H,1-2,4-6,8-10,15H2,(H,34,35). The number of aliphatic hydroxyl groups is 2. The van der Waals surface area contributed by atoms with Crippen LogP contribution in [0.5, 0.6) is 11.6 Å². The summed E-state index contributed by atoms with van der Waals surface area (Å²) in [7, 11) is -4.76. The monoisotopic (exact) mass is 586 g/mol. The number of nitrogens with zero attached hydrogens (tertiary/aromatic N) is 2. The van der Waals surface area contributed by atoms with Gasteiger partial charge in [-0.05, 0) is 55.9 Å². The molecule has 1 atom stereocenters. The number of hydrogen-bond acceptors (Lipinski definition) is 8. The molecular weight excluding hydrogens is 557 g/mol. The lowest BCUT2D eigenvalue weighted by atomic mass is 9.91. The fraction of sp³-hybridized carbons (Fsp3) is 0.462. The van der Waals surface area contributed by atoms with E-state index in [9.17, 15) is 31.5 Å². The number of fused-ring (bicyclic) bond motifs is 1. The van der Waals surface area contributed by atoms with Crippen molar-refractivity contribution >= 4 is 27.8 Å². The summed E-state index contributed by atoms with van der Waals surface area (Å²) >= 11 is 0. The Bertz CT molecular complexity index is 1370. The largest absolute Gasteiger partial charge is 0.486 e. The molecule has 40 heavy (non-hydrogen) atoms. The number of allylic oxidation sites excluding steroid dienone is 1. The van der Waals surface area contributed by atoms with Crippen molar-refractivity contribution in [2.45, 2.75) is 61.8 Å². The van der Waals surface area contributed by atoms with Crippen LogP contribution in [-0.4, -0.2) is 66.7 Å². The van der Waals surface area contributed by atoms with Gasteiger partial charge in [0, 0.05) is 12.6 Å². The second kappa shape index (κ2) is 12.0. The minimum Gasteiger partial charge on any atom is -0.486 e. The number of aliphatic carboxylic acids is 1. The molecule has 1 aromatic carbocycles. The molecule has 0 saturated heterocycles. The van der Waals surface area contributed by atoms with Crippen LogP contribution in [0, 0.1) is 0 Å². The van der Waals surface area contributed by atoms with Crippen molar-refractivity contribution < 1.29 is 51.2 Å². The predicted molar refractivity (Wildman–Crippen MR) is 137 cm³/mol. The van der Waals surface area contributed by atoms with Crippen molar-refractivity contribution in [1.29, 1.82) is 0 Å². The Balaban J connectivity index is 1.80. The van der Waals surface area contributed by atoms with Gasteiger partial charge in [0.25, 0.3) is 10.0 Å². The topological polar surface area (TPSA) is 146 Å². The van der Waals surface area contributed by atoms with Crippen molar-refractivity contribution in [2.24, 2.45) is 0 Å². The third-order valence-corrected chi connectivity index (χ3v) is 8.38. The molecule has 1 saturated carbocycles. The molecule has 2 aliphatic rings. The molecule has 0 radical (unpaired) electrons. The van der Waals surface area contributed by atoms with Crippen LogP contribution in [0.1, 0.15) is 49.7 Å². The van der Waals surface area contributed by atoms with E-state index in [1.807, 2.05) is 6.08 Å². The first-order valence-electron chi connectivity index (χ1n) is 12.6. The molecule has 1 aromatic heterocycles. The molecule has 10 nitrogen and oxygen atoms in total. The number of anilines is 1. The summed E-state index contributed by atoms with van der Waals surface area (Å²) in [5, 5.41) is 28.0. The molecule has 1 fully saturated rings. The van der Waals surface area contributed by atoms with E-state index in [2.05, 4.69) is 4.98 Å². The SMILES string of the molecule is O=C(O)CCC1CN(S(=O)(=O)c2cc(C(F)(F)F)cnc2OCCO)c2cc(C=C3CCC(O)CC3)ccc2O1. The van der Waals surface area contributed by atoms with Crippen molar-refractivity contribution in [1.82, 2.24) is 4.98 Å². The van der Waals surface area contributed by atoms with Gasteiger partial charge in [0.15, 0.2) is 4.90 Å². The zero-order chi connectivity index (χ0) is 29.1. The van der Waals surface area contributed by atoms with Crippen LogP contribution in [0.15, 0.2) is 40.9 Å². The highest BCUT2D eigenvalue weighted by atomic mass is 32.2. The first-order valence-corrected chi connectivity index (χ1v) is 14.1. The van der Waals surface area contributed by atoms with Gasteiger partial charge in [-0.15, -0.1) is 0 Å². The number of sulfonamides is 1. The average molecular weight is 587 g/mol. The summed E-state index contributed by atoms with van der Waals surface area (Å²) in [5.74, 6) is -1.62. The number of rotatable bonds is 9. The lowest BCUT2D eigenvalue weighted by Crippen LogP contribution is -2.44. The molecule has 4 rings (SSSR count). The molecule has 218 valence electrons. The van der Waals surface area contributed by atoms with Crippen LogP contribution in [0.2, 0.25) is 0 Å². The quantitative estimate of drug-likeness (QED) is 0.401. The van der Waals surface area contributed by atoms with Crippen molar-refractivity contribution in [3.8, 4) is 11.6 Å². The van der Waals surface area contributed by atoms with E-state index in [0.29, 0.717) is 43.5 Å². The third kappa shape index (κ3) is 6.85. The molecule has 14 heteroatoms. The summed E-state index contributed by atoms with van der Waals surface area (Å²) in [5.41, 5.74) is 0.424. The van der Waals surface area contributed by atoms with Crippen LogP contribution in [0.3, 0.4) is 0 Å². The molecule has 1 aliphatic heterocycles. The van der Waals surface area contributed by atoms with Gasteiger partial charge < -0.3 is 24.8 Å². The maximum absolute atomic E-state index is 14.0. The number of carboxylic acid groups (broad SMARTS) is 1. The van der Waals surface area contributed by atoms with Crippen LogP contribution in [-0.2, 0) is 21.0 Å². The zero-order valence-electron chi connectivity index (χ0n) is 21.3. The Morgan fingerprint density at radius 3 is 2.60 bits per heavy atom. The van der Waals surface area contributed by atoms with E-state index in [0.717, 1.165) is 9.88 Å². The van der Waals surface area contributed by atoms with Gasteiger partial charge in [0.2, 0.25) is 5.88 Å². The first-order chi connectivity index (χ1) is 18.9. The summed E-state index contributed by atoms with van der Waals surface area (Å²) in [6, 6.07) is 5.19. The second-order valence-electron chi connectivity index (χ2n) is 9.57. The van der Waals surface area contributed by atoms with E-state index < -0.39 is 57.8 Å². The Kier molecular flexibility index (Phi) is 8.90. The van der Waals surface area contributed by atoms with Crippen molar-refractivity contribution in [3.05, 3.63) is 47.2 Å². The van der Waals surface area contributed by atoms with Gasteiger partial charge in [-0.3, -0.25) is 9.10 Å². The fourth-order valence-electron chi connectivity index (χ4n) is 4.58. The smallest absolute Gasteiger partial charge is 0.417 e. The lowest BCUT2D eigenvalue weighted by molar-refractivity contribution is -0.138. The number of alkyl halides is 3. The maximum atomic E-state index is 14.0. The summed E-state index contributed by atoms with van der Waals surface area (Å²) in [4.78, 5) is 13.9. The van der Waals surface area contributed by atoms with Crippen molar-refractivity contribution in [2.75, 3.05) is 24.1 Å². The number of halogens is 3. The molecule has 3 N–H and O–H groups in total. The highest BCUT2D eigenvalue weighted by molar-refractivity contribution is 7.93. The molecule has 0 bridgehead atoms. The number of carbonyl (C=O) groups is 1. The minimum absolute atomic E-state index is 0.0520. The second-order valence-corrected chi connectivity index (χ2v) is 11.4. The van der Waals surface area contributed by atoms with Gasteiger partial charge in [0.05, 0.1) is 30.5 Å². The Morgan fingerprint density at radius 2 is 1.95 bits per heavy atom. The highest BCUT2D eigenvalue weighted by Crippen LogP contribution is 2.41. The molecule has 1 aliphatic carbocycles. The van der Waals surface area contributed by atoms with Crippen LogP contribution in [0.4, 0.5) is 18.9 Å². The van der Waals surface area contributed by atoms with Crippen molar-refractivity contribution in [3.63, 3.8) is 0 Å². The van der Waals surface area contributed by atoms with Gasteiger partial charge in [0.1, 0.15) is 18.5 Å². The molecule has 0 spiro atoms. The number of hydrogen-bond donors (Lipinski definition) is 3. The minimum atomic E-state index is -4.90. The summed E-state index contributed by atoms with van der Waals surface area (Å²) in [6.45, 7) is -1.31. The summed E-state index contributed by atoms with van der Waals surface area (Å²) in [6.07, 6.45) is -1.70. The van der Waals surface area contributed by atoms with Crippen LogP contribution >= 0.6 is 0 Å². The van der Waals surface area contributed by atoms with E-state index in [4.69, 9.17) is 19.7 Å². The highest BCUT2D eigenvalue weighted by Gasteiger charge is 2.39. The number of aromatic nitrogens is 1. The molecular formula is C26H29F3N2O8S. The molecule has 2 aromatic rings. The predicted octanol–water partition coefficient (Wildman–Crippen LogP) is 3.61. The van der Waals surface area contributed by atoms with Crippen LogP contribution in [0.25, 0.3) is 6.08 Å². The normalized spacial score (nSPS) is 19.5. The fourth-order valence-corrected chi connectivity index (χ4v) is 6.19. The Morgan fingerprint density at radius 1 is 1.23 bits per heavy atom. The van der Waals surface area contributed by atoms with E-state index in [1.165, 1.54) is 12.1 Å². The van der Waals surface area contributed by atoms with Gasteiger partial charge in [-0.2, -0.15) is 13.2 Å².